The zero-order valence-corrected chi connectivity index (χ0v) is 12.9. The molecule has 0 amide bonds. The van der Waals surface area contributed by atoms with Crippen molar-refractivity contribution in [3.63, 3.8) is 0 Å². The van der Waals surface area contributed by atoms with Gasteiger partial charge in [0.25, 0.3) is 0 Å². The Labute approximate surface area is 125 Å². The van der Waals surface area contributed by atoms with Gasteiger partial charge in [0, 0.05) is 6.04 Å². The summed E-state index contributed by atoms with van der Waals surface area (Å²) in [5.41, 5.74) is 4.22. The summed E-state index contributed by atoms with van der Waals surface area (Å²) in [5, 5.41) is 3.41. The molecule has 4 heteroatoms. The summed E-state index contributed by atoms with van der Waals surface area (Å²) in [6, 6.07) is 8.34. The molecule has 1 heterocycles. The summed E-state index contributed by atoms with van der Waals surface area (Å²) in [5.74, 6) is 0.333. The molecule has 0 saturated heterocycles. The molecule has 2 aromatic rings. The average Bonchev–Trinajstić information content (AvgIpc) is 2.95. The van der Waals surface area contributed by atoms with Crippen LogP contribution in [0, 0.1) is 13.8 Å². The number of aryl methyl sites for hydroxylation is 2. The van der Waals surface area contributed by atoms with Crippen LogP contribution >= 0.6 is 0 Å². The van der Waals surface area contributed by atoms with E-state index in [1.54, 1.807) is 6.07 Å². The monoisotopic (exact) mass is 287 g/mol. The number of nitrogens with one attached hydrogen (secondary N) is 1. The Kier molecular flexibility index (Phi) is 4.81. The predicted octanol–water partition coefficient (Wildman–Crippen LogP) is 3.53. The summed E-state index contributed by atoms with van der Waals surface area (Å²) in [6.45, 7) is 6.87. The molecule has 1 aromatic carbocycles. The third-order valence-corrected chi connectivity index (χ3v) is 3.56. The molecule has 1 atom stereocenters. The SMILES string of the molecule is COC(=O)c1coc(CNC(C)c2cc(C)ccc2C)c1. The Hall–Kier alpha value is -2.07. The maximum atomic E-state index is 11.4. The van der Waals surface area contributed by atoms with E-state index in [1.807, 2.05) is 0 Å². The predicted molar refractivity (Wildman–Crippen MR) is 81.2 cm³/mol. The first-order valence-corrected chi connectivity index (χ1v) is 6.97. The van der Waals surface area contributed by atoms with Crippen LogP contribution in [0.2, 0.25) is 0 Å². The minimum atomic E-state index is -0.382. The van der Waals surface area contributed by atoms with Crippen molar-refractivity contribution in [1.29, 1.82) is 0 Å². The quantitative estimate of drug-likeness (QED) is 0.855. The molecule has 0 saturated carbocycles. The third-order valence-electron chi connectivity index (χ3n) is 3.56. The lowest BCUT2D eigenvalue weighted by Crippen LogP contribution is -2.18. The van der Waals surface area contributed by atoms with Gasteiger partial charge < -0.3 is 14.5 Å². The minimum absolute atomic E-state index is 0.205. The Bertz CT molecular complexity index is 631. The van der Waals surface area contributed by atoms with Gasteiger partial charge >= 0.3 is 5.97 Å². The first-order chi connectivity index (χ1) is 10.0. The van der Waals surface area contributed by atoms with Gasteiger partial charge in [-0.2, -0.15) is 0 Å². The Morgan fingerprint density at radius 1 is 1.33 bits per heavy atom. The van der Waals surface area contributed by atoms with Crippen molar-refractivity contribution >= 4 is 5.97 Å². The topological polar surface area (TPSA) is 51.5 Å². The second-order valence-corrected chi connectivity index (χ2v) is 5.26. The van der Waals surface area contributed by atoms with Gasteiger partial charge in [0.15, 0.2) is 0 Å². The van der Waals surface area contributed by atoms with Crippen molar-refractivity contribution in [3.8, 4) is 0 Å². The van der Waals surface area contributed by atoms with E-state index in [-0.39, 0.29) is 12.0 Å². The van der Waals surface area contributed by atoms with E-state index in [0.29, 0.717) is 17.9 Å². The smallest absolute Gasteiger partial charge is 0.341 e. The van der Waals surface area contributed by atoms with Crippen LogP contribution in [0.3, 0.4) is 0 Å². The van der Waals surface area contributed by atoms with Crippen molar-refractivity contribution in [2.45, 2.75) is 33.4 Å². The highest BCUT2D eigenvalue weighted by molar-refractivity contribution is 5.88. The third kappa shape index (κ3) is 3.73. The van der Waals surface area contributed by atoms with Crippen molar-refractivity contribution in [1.82, 2.24) is 5.32 Å². The van der Waals surface area contributed by atoms with Gasteiger partial charge in [0.1, 0.15) is 12.0 Å². The normalized spacial score (nSPS) is 12.2. The van der Waals surface area contributed by atoms with Gasteiger partial charge in [-0.05, 0) is 38.0 Å². The molecule has 1 unspecified atom stereocenters. The Morgan fingerprint density at radius 3 is 2.81 bits per heavy atom. The molecular weight excluding hydrogens is 266 g/mol. The van der Waals surface area contributed by atoms with Gasteiger partial charge in [-0.15, -0.1) is 0 Å². The molecule has 4 nitrogen and oxygen atoms in total. The van der Waals surface area contributed by atoms with E-state index in [2.05, 4.69) is 49.0 Å². The van der Waals surface area contributed by atoms with Gasteiger partial charge in [0.05, 0.1) is 19.2 Å². The van der Waals surface area contributed by atoms with Crippen LogP contribution < -0.4 is 5.32 Å². The highest BCUT2D eigenvalue weighted by atomic mass is 16.5. The van der Waals surface area contributed by atoms with E-state index in [0.717, 1.165) is 0 Å². The molecule has 0 bridgehead atoms. The van der Waals surface area contributed by atoms with Gasteiger partial charge in [-0.3, -0.25) is 0 Å². The first-order valence-electron chi connectivity index (χ1n) is 6.97. The number of carbonyl (C=O) groups excluding carboxylic acids is 1. The second-order valence-electron chi connectivity index (χ2n) is 5.26. The molecule has 0 spiro atoms. The number of esters is 1. The number of furan rings is 1. The lowest BCUT2D eigenvalue weighted by molar-refractivity contribution is 0.0600. The fourth-order valence-corrected chi connectivity index (χ4v) is 2.29. The molecule has 0 radical (unpaired) electrons. The molecule has 1 N–H and O–H groups in total. The van der Waals surface area contributed by atoms with Crippen molar-refractivity contribution in [3.05, 3.63) is 58.5 Å². The largest absolute Gasteiger partial charge is 0.467 e. The highest BCUT2D eigenvalue weighted by Crippen LogP contribution is 2.19. The van der Waals surface area contributed by atoms with E-state index in [1.165, 1.54) is 30.1 Å². The van der Waals surface area contributed by atoms with Gasteiger partial charge in [-0.25, -0.2) is 4.79 Å². The fraction of sp³-hybridized carbons (Fsp3) is 0.353. The maximum Gasteiger partial charge on any atom is 0.341 e. The molecule has 21 heavy (non-hydrogen) atoms. The average molecular weight is 287 g/mol. The molecule has 0 aliphatic rings. The summed E-state index contributed by atoms with van der Waals surface area (Å²) >= 11 is 0. The summed E-state index contributed by atoms with van der Waals surface area (Å²) in [6.07, 6.45) is 1.42. The number of hydrogen-bond donors (Lipinski definition) is 1. The Morgan fingerprint density at radius 2 is 2.10 bits per heavy atom. The van der Waals surface area contributed by atoms with E-state index in [9.17, 15) is 4.79 Å². The van der Waals surface area contributed by atoms with Crippen LogP contribution in [-0.4, -0.2) is 13.1 Å². The lowest BCUT2D eigenvalue weighted by Gasteiger charge is -2.16. The van der Waals surface area contributed by atoms with Crippen LogP contribution in [0.25, 0.3) is 0 Å². The van der Waals surface area contributed by atoms with Crippen LogP contribution in [-0.2, 0) is 11.3 Å². The van der Waals surface area contributed by atoms with Gasteiger partial charge in [-0.1, -0.05) is 23.8 Å². The maximum absolute atomic E-state index is 11.4. The molecular formula is C17H21NO3. The molecule has 0 fully saturated rings. The molecule has 1 aromatic heterocycles. The van der Waals surface area contributed by atoms with Crippen molar-refractivity contribution in [2.75, 3.05) is 7.11 Å². The molecule has 2 rings (SSSR count). The number of methoxy groups -OCH3 is 1. The summed E-state index contributed by atoms with van der Waals surface area (Å²) < 4.78 is 10.0. The number of benzene rings is 1. The molecule has 0 aliphatic carbocycles. The standard InChI is InChI=1S/C17H21NO3/c1-11-5-6-12(2)16(7-11)13(3)18-9-15-8-14(10-21-15)17(19)20-4/h5-8,10,13,18H,9H2,1-4H3. The summed E-state index contributed by atoms with van der Waals surface area (Å²) in [4.78, 5) is 11.4. The fourth-order valence-electron chi connectivity index (χ4n) is 2.29. The highest BCUT2D eigenvalue weighted by Gasteiger charge is 2.12. The number of rotatable bonds is 5. The zero-order chi connectivity index (χ0) is 15.4. The van der Waals surface area contributed by atoms with Gasteiger partial charge in [0.2, 0.25) is 0 Å². The molecule has 0 aliphatic heterocycles. The van der Waals surface area contributed by atoms with Crippen LogP contribution in [0.15, 0.2) is 34.9 Å². The van der Waals surface area contributed by atoms with Crippen LogP contribution in [0.1, 0.15) is 45.8 Å². The van der Waals surface area contributed by atoms with Crippen LogP contribution in [0.4, 0.5) is 0 Å². The van der Waals surface area contributed by atoms with Crippen molar-refractivity contribution < 1.29 is 13.9 Å². The number of hydrogen-bond acceptors (Lipinski definition) is 4. The van der Waals surface area contributed by atoms with E-state index >= 15 is 0 Å². The summed E-state index contributed by atoms with van der Waals surface area (Å²) in [7, 11) is 1.36. The lowest BCUT2D eigenvalue weighted by atomic mass is 10.00. The molecule has 112 valence electrons. The number of carbonyl (C=O) groups is 1. The zero-order valence-electron chi connectivity index (χ0n) is 12.9. The van der Waals surface area contributed by atoms with E-state index in [4.69, 9.17) is 4.42 Å². The minimum Gasteiger partial charge on any atom is -0.467 e. The number of ether oxygens (including phenoxy) is 1. The second kappa shape index (κ2) is 6.59. The van der Waals surface area contributed by atoms with E-state index < -0.39 is 0 Å². The van der Waals surface area contributed by atoms with Crippen LogP contribution in [0.5, 0.6) is 0 Å². The Balaban J connectivity index is 2.00. The first kappa shape index (κ1) is 15.3. The van der Waals surface area contributed by atoms with Crippen molar-refractivity contribution in [2.24, 2.45) is 0 Å².